The predicted octanol–water partition coefficient (Wildman–Crippen LogP) is 3.17. The first-order chi connectivity index (χ1) is 8.47. The molecule has 0 heterocycles. The molecule has 0 saturated carbocycles. The maximum absolute atomic E-state index is 11.0. The van der Waals surface area contributed by atoms with Gasteiger partial charge in [0.05, 0.1) is 4.92 Å². The molecule has 0 radical (unpaired) electrons. The molecule has 1 unspecified atom stereocenters. The van der Waals surface area contributed by atoms with E-state index in [1.165, 1.54) is 6.07 Å². The summed E-state index contributed by atoms with van der Waals surface area (Å²) in [5, 5.41) is 22.9. The van der Waals surface area contributed by atoms with Gasteiger partial charge in [0.25, 0.3) is 0 Å². The fraction of sp³-hybridized carbons (Fsp3) is 0.462. The second kappa shape index (κ2) is 6.01. The van der Waals surface area contributed by atoms with E-state index in [1.54, 1.807) is 12.1 Å². The SMILES string of the molecule is CC(C)C(C)CNc1cccc(C#N)c1[N+](=O)[O-]. The predicted molar refractivity (Wildman–Crippen MR) is 70.3 cm³/mol. The lowest BCUT2D eigenvalue weighted by atomic mass is 9.98. The van der Waals surface area contributed by atoms with Gasteiger partial charge in [0.1, 0.15) is 17.3 Å². The molecule has 0 spiro atoms. The normalized spacial score (nSPS) is 11.9. The number of anilines is 1. The van der Waals surface area contributed by atoms with Crippen LogP contribution in [0.3, 0.4) is 0 Å². The highest BCUT2D eigenvalue weighted by Gasteiger charge is 2.19. The molecule has 0 bridgehead atoms. The van der Waals surface area contributed by atoms with E-state index in [-0.39, 0.29) is 11.3 Å². The van der Waals surface area contributed by atoms with E-state index in [1.807, 2.05) is 6.07 Å². The van der Waals surface area contributed by atoms with Gasteiger partial charge in [-0.1, -0.05) is 26.8 Å². The van der Waals surface area contributed by atoms with Crippen LogP contribution in [-0.4, -0.2) is 11.5 Å². The summed E-state index contributed by atoms with van der Waals surface area (Å²) in [6.45, 7) is 6.93. The van der Waals surface area contributed by atoms with Crippen molar-refractivity contribution in [2.24, 2.45) is 11.8 Å². The van der Waals surface area contributed by atoms with Crippen molar-refractivity contribution in [3.63, 3.8) is 0 Å². The third kappa shape index (κ3) is 3.20. The molecule has 18 heavy (non-hydrogen) atoms. The smallest absolute Gasteiger partial charge is 0.309 e. The Morgan fingerprint density at radius 3 is 2.61 bits per heavy atom. The van der Waals surface area contributed by atoms with Crippen LogP contribution in [-0.2, 0) is 0 Å². The zero-order valence-corrected chi connectivity index (χ0v) is 10.8. The van der Waals surface area contributed by atoms with E-state index in [4.69, 9.17) is 5.26 Å². The minimum atomic E-state index is -0.513. The van der Waals surface area contributed by atoms with Crippen molar-refractivity contribution in [1.29, 1.82) is 5.26 Å². The maximum atomic E-state index is 11.0. The second-order valence-corrected chi connectivity index (χ2v) is 4.67. The molecule has 0 aliphatic heterocycles. The molecule has 0 aromatic heterocycles. The molecule has 0 aliphatic rings. The van der Waals surface area contributed by atoms with Gasteiger partial charge in [0.2, 0.25) is 0 Å². The Morgan fingerprint density at radius 2 is 2.11 bits per heavy atom. The first kappa shape index (κ1) is 14.0. The summed E-state index contributed by atoms with van der Waals surface area (Å²) in [5.74, 6) is 0.894. The highest BCUT2D eigenvalue weighted by molar-refractivity contribution is 5.68. The molecule has 1 aromatic carbocycles. The Bertz CT molecular complexity index is 478. The first-order valence-electron chi connectivity index (χ1n) is 5.88. The van der Waals surface area contributed by atoms with Crippen LogP contribution in [0.5, 0.6) is 0 Å². The van der Waals surface area contributed by atoms with Crippen LogP contribution in [0.25, 0.3) is 0 Å². The Hall–Kier alpha value is -2.09. The fourth-order valence-electron chi connectivity index (χ4n) is 1.48. The van der Waals surface area contributed by atoms with Gasteiger partial charge in [-0.2, -0.15) is 5.26 Å². The van der Waals surface area contributed by atoms with Gasteiger partial charge in [0, 0.05) is 6.54 Å². The first-order valence-corrected chi connectivity index (χ1v) is 5.88. The minimum absolute atomic E-state index is 0.0854. The number of benzene rings is 1. The Labute approximate surface area is 107 Å². The van der Waals surface area contributed by atoms with Crippen LogP contribution in [0.4, 0.5) is 11.4 Å². The standard InChI is InChI=1S/C13H17N3O2/c1-9(2)10(3)8-15-12-6-4-5-11(7-14)13(12)16(17)18/h4-6,9-10,15H,8H2,1-3H3. The molecule has 96 valence electrons. The Morgan fingerprint density at radius 1 is 1.44 bits per heavy atom. The number of hydrogen-bond donors (Lipinski definition) is 1. The molecule has 1 rings (SSSR count). The summed E-state index contributed by atoms with van der Waals surface area (Å²) in [6.07, 6.45) is 0. The van der Waals surface area contributed by atoms with Crippen LogP contribution in [0.1, 0.15) is 26.3 Å². The quantitative estimate of drug-likeness (QED) is 0.640. The maximum Gasteiger partial charge on any atom is 0.309 e. The van der Waals surface area contributed by atoms with Crippen molar-refractivity contribution >= 4 is 11.4 Å². The largest absolute Gasteiger partial charge is 0.379 e. The van der Waals surface area contributed by atoms with Crippen LogP contribution in [0.15, 0.2) is 18.2 Å². The van der Waals surface area contributed by atoms with E-state index in [0.717, 1.165) is 0 Å². The average Bonchev–Trinajstić information content (AvgIpc) is 2.34. The number of nitro groups is 1. The lowest BCUT2D eigenvalue weighted by Crippen LogP contribution is -2.17. The topological polar surface area (TPSA) is 79.0 Å². The van der Waals surface area contributed by atoms with Gasteiger partial charge in [-0.3, -0.25) is 10.1 Å². The number of nitrogens with zero attached hydrogens (tertiary/aromatic N) is 2. The zero-order valence-electron chi connectivity index (χ0n) is 10.8. The number of rotatable bonds is 5. The zero-order chi connectivity index (χ0) is 13.7. The minimum Gasteiger partial charge on any atom is -0.379 e. The average molecular weight is 247 g/mol. The van der Waals surface area contributed by atoms with E-state index < -0.39 is 4.92 Å². The number of nitriles is 1. The van der Waals surface area contributed by atoms with E-state index >= 15 is 0 Å². The number of nitrogens with one attached hydrogen (secondary N) is 1. The molecule has 0 fully saturated rings. The van der Waals surface area contributed by atoms with Crippen LogP contribution < -0.4 is 5.32 Å². The molecule has 0 aliphatic carbocycles. The second-order valence-electron chi connectivity index (χ2n) is 4.67. The fourth-order valence-corrected chi connectivity index (χ4v) is 1.48. The van der Waals surface area contributed by atoms with Crippen LogP contribution in [0, 0.1) is 33.3 Å². The van der Waals surface area contributed by atoms with Crippen molar-refractivity contribution in [2.75, 3.05) is 11.9 Å². The van der Waals surface area contributed by atoms with E-state index in [0.29, 0.717) is 24.1 Å². The molecule has 5 heteroatoms. The lowest BCUT2D eigenvalue weighted by Gasteiger charge is -2.17. The summed E-state index contributed by atoms with van der Waals surface area (Å²) >= 11 is 0. The third-order valence-electron chi connectivity index (χ3n) is 3.09. The van der Waals surface area contributed by atoms with Crippen molar-refractivity contribution in [3.8, 4) is 6.07 Å². The lowest BCUT2D eigenvalue weighted by molar-refractivity contribution is -0.384. The molecular weight excluding hydrogens is 230 g/mol. The highest BCUT2D eigenvalue weighted by Crippen LogP contribution is 2.28. The van der Waals surface area contributed by atoms with Crippen LogP contribution >= 0.6 is 0 Å². The van der Waals surface area contributed by atoms with Gasteiger partial charge in [-0.15, -0.1) is 0 Å². The summed E-state index contributed by atoms with van der Waals surface area (Å²) in [4.78, 5) is 10.5. The molecule has 0 amide bonds. The van der Waals surface area contributed by atoms with Gasteiger partial charge < -0.3 is 5.32 Å². The summed E-state index contributed by atoms with van der Waals surface area (Å²) in [5.41, 5.74) is 0.352. The van der Waals surface area contributed by atoms with Crippen molar-refractivity contribution < 1.29 is 4.92 Å². The summed E-state index contributed by atoms with van der Waals surface area (Å²) in [7, 11) is 0. The number of hydrogen-bond acceptors (Lipinski definition) is 4. The Balaban J connectivity index is 2.96. The molecule has 1 aromatic rings. The van der Waals surface area contributed by atoms with Crippen LogP contribution in [0.2, 0.25) is 0 Å². The highest BCUT2D eigenvalue weighted by atomic mass is 16.6. The molecule has 0 saturated heterocycles. The van der Waals surface area contributed by atoms with Crippen molar-refractivity contribution in [1.82, 2.24) is 0 Å². The molecule has 5 nitrogen and oxygen atoms in total. The Kier molecular flexibility index (Phi) is 4.67. The molecule has 1 atom stereocenters. The molecular formula is C13H17N3O2. The summed E-state index contributed by atoms with van der Waals surface area (Å²) < 4.78 is 0. The van der Waals surface area contributed by atoms with Crippen molar-refractivity contribution in [2.45, 2.75) is 20.8 Å². The van der Waals surface area contributed by atoms with Crippen molar-refractivity contribution in [3.05, 3.63) is 33.9 Å². The van der Waals surface area contributed by atoms with Gasteiger partial charge in [0.15, 0.2) is 0 Å². The monoisotopic (exact) mass is 247 g/mol. The summed E-state index contributed by atoms with van der Waals surface area (Å²) in [6, 6.07) is 6.58. The van der Waals surface area contributed by atoms with E-state index in [9.17, 15) is 10.1 Å². The number of para-hydroxylation sites is 1. The molecule has 1 N–H and O–H groups in total. The van der Waals surface area contributed by atoms with Gasteiger partial charge in [-0.25, -0.2) is 0 Å². The van der Waals surface area contributed by atoms with Gasteiger partial charge in [-0.05, 0) is 24.0 Å². The number of nitro benzene ring substituents is 1. The third-order valence-corrected chi connectivity index (χ3v) is 3.09. The van der Waals surface area contributed by atoms with Gasteiger partial charge >= 0.3 is 5.69 Å². The van der Waals surface area contributed by atoms with E-state index in [2.05, 4.69) is 26.1 Å².